The number of amides is 1. The number of rotatable bonds is 5. The summed E-state index contributed by atoms with van der Waals surface area (Å²) in [5.41, 5.74) is 5.58. The lowest BCUT2D eigenvalue weighted by atomic mass is 9.97. The first kappa shape index (κ1) is 23.0. The Balaban J connectivity index is 1.39. The second-order valence-electron chi connectivity index (χ2n) is 9.30. The summed E-state index contributed by atoms with van der Waals surface area (Å²) in [6, 6.07) is 14.6. The Morgan fingerprint density at radius 2 is 1.91 bits per heavy atom. The summed E-state index contributed by atoms with van der Waals surface area (Å²) in [7, 11) is 0. The van der Waals surface area contributed by atoms with Crippen molar-refractivity contribution < 1.29 is 9.18 Å². The maximum atomic E-state index is 13.5. The van der Waals surface area contributed by atoms with Gasteiger partial charge in [-0.2, -0.15) is 10.2 Å². The molecule has 5 rings (SSSR count). The van der Waals surface area contributed by atoms with Crippen molar-refractivity contribution in [2.24, 2.45) is 5.92 Å². The zero-order valence-electron chi connectivity index (χ0n) is 20.3. The molecule has 0 bridgehead atoms. The van der Waals surface area contributed by atoms with Crippen LogP contribution in [0.5, 0.6) is 0 Å². The van der Waals surface area contributed by atoms with E-state index < -0.39 is 0 Å². The van der Waals surface area contributed by atoms with E-state index >= 15 is 0 Å². The summed E-state index contributed by atoms with van der Waals surface area (Å²) in [6.45, 7) is 7.70. The van der Waals surface area contributed by atoms with Crippen LogP contribution in [-0.2, 0) is 11.3 Å². The monoisotopic (exact) mass is 472 g/mol. The summed E-state index contributed by atoms with van der Waals surface area (Å²) in [5.74, 6) is 0.192. The largest absolute Gasteiger partial charge is 0.352 e. The molecule has 0 aliphatic carbocycles. The number of halogens is 1. The second kappa shape index (κ2) is 9.44. The highest BCUT2D eigenvalue weighted by molar-refractivity contribution is 5.92. The maximum absolute atomic E-state index is 13.5. The highest BCUT2D eigenvalue weighted by atomic mass is 19.1. The molecule has 4 aromatic rings. The molecule has 3 heterocycles. The topological polar surface area (TPSA) is 75.9 Å². The van der Waals surface area contributed by atoms with Crippen molar-refractivity contribution in [1.82, 2.24) is 25.3 Å². The van der Waals surface area contributed by atoms with Crippen molar-refractivity contribution in [2.75, 3.05) is 18.0 Å². The van der Waals surface area contributed by atoms with Gasteiger partial charge in [0.15, 0.2) is 5.82 Å². The molecule has 35 heavy (non-hydrogen) atoms. The molecule has 1 N–H and O–H groups in total. The molecule has 0 unspecified atom stereocenters. The highest BCUT2D eigenvalue weighted by Gasteiger charge is 2.29. The van der Waals surface area contributed by atoms with Crippen LogP contribution in [0.4, 0.5) is 10.2 Å². The van der Waals surface area contributed by atoms with Gasteiger partial charge in [0.05, 0.1) is 28.4 Å². The van der Waals surface area contributed by atoms with Gasteiger partial charge in [0, 0.05) is 19.6 Å². The molecule has 0 radical (unpaired) electrons. The molecular weight excluding hydrogens is 443 g/mol. The Kier molecular flexibility index (Phi) is 6.19. The smallest absolute Gasteiger partial charge is 0.225 e. The molecular formula is C27H29FN6O. The number of aromatic nitrogens is 4. The molecule has 1 aliphatic rings. The number of hydrogen-bond donors (Lipinski definition) is 1. The zero-order chi connectivity index (χ0) is 24.5. The summed E-state index contributed by atoms with van der Waals surface area (Å²) in [5, 5.41) is 17.9. The molecule has 180 valence electrons. The van der Waals surface area contributed by atoms with Crippen LogP contribution in [0, 0.1) is 32.5 Å². The molecule has 7 nitrogen and oxygen atoms in total. The Bertz CT molecular complexity index is 1380. The maximum Gasteiger partial charge on any atom is 0.225 e. The first-order valence-electron chi connectivity index (χ1n) is 12.0. The van der Waals surface area contributed by atoms with E-state index in [9.17, 15) is 9.18 Å². The highest BCUT2D eigenvalue weighted by Crippen LogP contribution is 2.31. The molecule has 8 heteroatoms. The third-order valence-electron chi connectivity index (χ3n) is 6.71. The predicted molar refractivity (Wildman–Crippen MR) is 134 cm³/mol. The minimum atomic E-state index is -0.303. The fourth-order valence-electron chi connectivity index (χ4n) is 4.83. The van der Waals surface area contributed by atoms with Crippen LogP contribution in [0.15, 0.2) is 48.5 Å². The van der Waals surface area contributed by atoms with Gasteiger partial charge >= 0.3 is 0 Å². The number of fused-ring (bicyclic) bond motifs is 1. The lowest BCUT2D eigenvalue weighted by Crippen LogP contribution is -2.43. The quantitative estimate of drug-likeness (QED) is 0.466. The molecule has 1 saturated heterocycles. The number of hydrogen-bond acceptors (Lipinski definition) is 5. The summed E-state index contributed by atoms with van der Waals surface area (Å²) < 4.78 is 15.4. The molecule has 2 aromatic heterocycles. The van der Waals surface area contributed by atoms with Gasteiger partial charge in [0.2, 0.25) is 5.91 Å². The summed E-state index contributed by atoms with van der Waals surface area (Å²) >= 11 is 0. The van der Waals surface area contributed by atoms with Gasteiger partial charge in [-0.15, -0.1) is 5.10 Å². The van der Waals surface area contributed by atoms with E-state index in [1.165, 1.54) is 17.7 Å². The second-order valence-corrected chi connectivity index (χ2v) is 9.30. The molecule has 2 aromatic carbocycles. The first-order chi connectivity index (χ1) is 16.9. The molecule has 0 saturated carbocycles. The Labute approximate surface area is 204 Å². The van der Waals surface area contributed by atoms with Gasteiger partial charge in [-0.3, -0.25) is 4.79 Å². The van der Waals surface area contributed by atoms with Crippen LogP contribution in [0.1, 0.15) is 35.4 Å². The minimum absolute atomic E-state index is 0.0309. The van der Waals surface area contributed by atoms with Gasteiger partial charge in [-0.1, -0.05) is 29.8 Å². The van der Waals surface area contributed by atoms with Crippen LogP contribution in [0.2, 0.25) is 0 Å². The van der Waals surface area contributed by atoms with Crippen LogP contribution >= 0.6 is 0 Å². The Morgan fingerprint density at radius 1 is 1.11 bits per heavy atom. The average molecular weight is 473 g/mol. The van der Waals surface area contributed by atoms with E-state index in [0.29, 0.717) is 18.9 Å². The van der Waals surface area contributed by atoms with E-state index in [0.717, 1.165) is 52.9 Å². The number of carbonyl (C=O) groups excluding carboxylic acids is 1. The molecule has 1 fully saturated rings. The molecule has 1 aliphatic heterocycles. The standard InChI is InChI=1S/C27H29FN6O/c1-17-9-11-23(12-10-17)34-19(3)24-18(2)30-31-26(25(24)32-34)33-13-5-7-21(16-33)27(35)29-15-20-6-4-8-22(28)14-20/h4,6,8-12,14,21H,5,7,13,15-16H2,1-3H3,(H,29,35)/t21-/m1/s1. The van der Waals surface area contributed by atoms with Crippen molar-refractivity contribution in [3.8, 4) is 5.69 Å². The van der Waals surface area contributed by atoms with E-state index in [1.807, 2.05) is 24.6 Å². The average Bonchev–Trinajstić information content (AvgIpc) is 3.21. The van der Waals surface area contributed by atoms with Crippen molar-refractivity contribution >= 4 is 22.6 Å². The lowest BCUT2D eigenvalue weighted by Gasteiger charge is -2.32. The van der Waals surface area contributed by atoms with Crippen molar-refractivity contribution in [3.63, 3.8) is 0 Å². The van der Waals surface area contributed by atoms with Gasteiger partial charge in [0.1, 0.15) is 11.3 Å². The zero-order valence-corrected chi connectivity index (χ0v) is 20.3. The minimum Gasteiger partial charge on any atom is -0.352 e. The van der Waals surface area contributed by atoms with Crippen LogP contribution in [0.3, 0.4) is 0 Å². The Hall–Kier alpha value is -3.81. The third kappa shape index (κ3) is 4.60. The van der Waals surface area contributed by atoms with Gasteiger partial charge < -0.3 is 10.2 Å². The van der Waals surface area contributed by atoms with E-state index in [-0.39, 0.29) is 17.6 Å². The molecule has 1 atom stereocenters. The number of piperidine rings is 1. The van der Waals surface area contributed by atoms with E-state index in [1.54, 1.807) is 6.07 Å². The number of aryl methyl sites for hydroxylation is 3. The Morgan fingerprint density at radius 3 is 2.69 bits per heavy atom. The van der Waals surface area contributed by atoms with E-state index in [4.69, 9.17) is 5.10 Å². The normalized spacial score (nSPS) is 16.0. The SMILES string of the molecule is Cc1ccc(-n2nc3c(N4CCC[C@@H](C(=O)NCc5cccc(F)c5)C4)nnc(C)c3c2C)cc1. The fourth-order valence-corrected chi connectivity index (χ4v) is 4.83. The number of nitrogens with one attached hydrogen (secondary N) is 1. The number of nitrogens with zero attached hydrogens (tertiary/aromatic N) is 5. The van der Waals surface area contributed by atoms with Crippen LogP contribution in [-0.4, -0.2) is 39.0 Å². The number of anilines is 1. The van der Waals surface area contributed by atoms with Crippen LogP contribution in [0.25, 0.3) is 16.6 Å². The number of benzene rings is 2. The van der Waals surface area contributed by atoms with Gasteiger partial charge in [-0.05, 0) is 63.4 Å². The predicted octanol–water partition coefficient (Wildman–Crippen LogP) is 4.41. The lowest BCUT2D eigenvalue weighted by molar-refractivity contribution is -0.125. The third-order valence-corrected chi connectivity index (χ3v) is 6.71. The first-order valence-corrected chi connectivity index (χ1v) is 12.0. The molecule has 1 amide bonds. The van der Waals surface area contributed by atoms with Gasteiger partial charge in [-0.25, -0.2) is 9.07 Å². The fraction of sp³-hybridized carbons (Fsp3) is 0.333. The van der Waals surface area contributed by atoms with Crippen molar-refractivity contribution in [3.05, 3.63) is 76.9 Å². The van der Waals surface area contributed by atoms with Crippen molar-refractivity contribution in [2.45, 2.75) is 40.2 Å². The van der Waals surface area contributed by atoms with Gasteiger partial charge in [0.25, 0.3) is 0 Å². The van der Waals surface area contributed by atoms with Crippen molar-refractivity contribution in [1.29, 1.82) is 0 Å². The molecule has 0 spiro atoms. The summed E-state index contributed by atoms with van der Waals surface area (Å²) in [6.07, 6.45) is 1.66. The number of carbonyl (C=O) groups is 1. The van der Waals surface area contributed by atoms with E-state index in [2.05, 4.69) is 51.6 Å². The van der Waals surface area contributed by atoms with Crippen LogP contribution < -0.4 is 10.2 Å². The summed E-state index contributed by atoms with van der Waals surface area (Å²) in [4.78, 5) is 15.1.